The van der Waals surface area contributed by atoms with E-state index in [-0.39, 0.29) is 0 Å². The third kappa shape index (κ3) is 1.30. The van der Waals surface area contributed by atoms with Gasteiger partial charge in [0.1, 0.15) is 5.52 Å². The Kier molecular flexibility index (Phi) is 1.81. The van der Waals surface area contributed by atoms with Crippen molar-refractivity contribution in [1.82, 2.24) is 15.0 Å². The average molecular weight is 175 g/mol. The molecule has 4 heteroatoms. The van der Waals surface area contributed by atoms with Crippen molar-refractivity contribution < 1.29 is 4.74 Å². The van der Waals surface area contributed by atoms with E-state index in [1.165, 1.54) is 0 Å². The first-order chi connectivity index (χ1) is 6.31. The van der Waals surface area contributed by atoms with Gasteiger partial charge >= 0.3 is 6.01 Å². The lowest BCUT2D eigenvalue weighted by Gasteiger charge is -2.01. The molecule has 0 N–H and O–H groups in total. The summed E-state index contributed by atoms with van der Waals surface area (Å²) in [5, 5.41) is 0. The Labute approximate surface area is 75.6 Å². The lowest BCUT2D eigenvalue weighted by molar-refractivity contribution is 0.381. The van der Waals surface area contributed by atoms with Gasteiger partial charge in [0.2, 0.25) is 0 Å². The Hall–Kier alpha value is -1.71. The zero-order chi connectivity index (χ0) is 9.26. The molecule has 66 valence electrons. The normalized spacial score (nSPS) is 10.3. The van der Waals surface area contributed by atoms with Gasteiger partial charge in [-0.05, 0) is 19.1 Å². The van der Waals surface area contributed by atoms with Crippen molar-refractivity contribution in [1.29, 1.82) is 0 Å². The van der Waals surface area contributed by atoms with Gasteiger partial charge in [-0.3, -0.25) is 4.98 Å². The highest BCUT2D eigenvalue weighted by Crippen LogP contribution is 2.14. The number of aryl methyl sites for hydroxylation is 1. The van der Waals surface area contributed by atoms with Gasteiger partial charge in [-0.25, -0.2) is 0 Å². The topological polar surface area (TPSA) is 47.9 Å². The molecule has 2 aromatic heterocycles. The standard InChI is InChI=1S/C9H9N3O/c1-6-8-7(4-3-5-10-8)12-9(11-6)13-2/h3-5H,1-2H3. The van der Waals surface area contributed by atoms with Crippen molar-refractivity contribution in [3.8, 4) is 6.01 Å². The van der Waals surface area contributed by atoms with Crippen LogP contribution in [0.3, 0.4) is 0 Å². The number of aromatic nitrogens is 3. The smallest absolute Gasteiger partial charge is 0.317 e. The third-order valence-electron chi connectivity index (χ3n) is 1.79. The number of methoxy groups -OCH3 is 1. The molecule has 0 aliphatic rings. The fraction of sp³-hybridized carbons (Fsp3) is 0.222. The molecule has 0 fully saturated rings. The molecule has 13 heavy (non-hydrogen) atoms. The van der Waals surface area contributed by atoms with Gasteiger partial charge in [0, 0.05) is 6.20 Å². The molecule has 0 saturated heterocycles. The van der Waals surface area contributed by atoms with Crippen molar-refractivity contribution in [3.05, 3.63) is 24.0 Å². The second-order valence-corrected chi connectivity index (χ2v) is 2.67. The van der Waals surface area contributed by atoms with E-state index in [1.807, 2.05) is 19.1 Å². The van der Waals surface area contributed by atoms with Crippen LogP contribution in [0.15, 0.2) is 18.3 Å². The molecule has 0 radical (unpaired) electrons. The molecule has 0 aliphatic carbocycles. The summed E-state index contributed by atoms with van der Waals surface area (Å²) < 4.78 is 4.95. The number of nitrogens with zero attached hydrogens (tertiary/aromatic N) is 3. The molecule has 0 aliphatic heterocycles. The van der Waals surface area contributed by atoms with Crippen LogP contribution in [0, 0.1) is 6.92 Å². The minimum absolute atomic E-state index is 0.387. The first-order valence-corrected chi connectivity index (χ1v) is 3.94. The highest BCUT2D eigenvalue weighted by atomic mass is 16.5. The lowest BCUT2D eigenvalue weighted by Crippen LogP contribution is -1.96. The molecular weight excluding hydrogens is 166 g/mol. The highest BCUT2D eigenvalue weighted by Gasteiger charge is 2.03. The largest absolute Gasteiger partial charge is 0.467 e. The van der Waals surface area contributed by atoms with Crippen LogP contribution in [0.4, 0.5) is 0 Å². The molecule has 2 aromatic rings. The van der Waals surface area contributed by atoms with Crippen LogP contribution in [-0.4, -0.2) is 22.1 Å². The van der Waals surface area contributed by atoms with Gasteiger partial charge in [0.05, 0.1) is 18.3 Å². The van der Waals surface area contributed by atoms with Crippen molar-refractivity contribution in [2.45, 2.75) is 6.92 Å². The molecule has 0 amide bonds. The number of ether oxygens (including phenoxy) is 1. The first-order valence-electron chi connectivity index (χ1n) is 3.94. The Morgan fingerprint density at radius 1 is 1.31 bits per heavy atom. The fourth-order valence-corrected chi connectivity index (χ4v) is 1.18. The van der Waals surface area contributed by atoms with Gasteiger partial charge in [0.25, 0.3) is 0 Å². The van der Waals surface area contributed by atoms with Gasteiger partial charge in [-0.1, -0.05) is 0 Å². The first kappa shape index (κ1) is 7.91. The van der Waals surface area contributed by atoms with Gasteiger partial charge in [-0.15, -0.1) is 0 Å². The summed E-state index contributed by atoms with van der Waals surface area (Å²) in [5.41, 5.74) is 2.47. The Morgan fingerprint density at radius 3 is 2.92 bits per heavy atom. The molecule has 4 nitrogen and oxygen atoms in total. The second-order valence-electron chi connectivity index (χ2n) is 2.67. The zero-order valence-electron chi connectivity index (χ0n) is 7.48. The molecule has 2 rings (SSSR count). The lowest BCUT2D eigenvalue weighted by atomic mass is 10.3. The minimum Gasteiger partial charge on any atom is -0.467 e. The molecule has 0 aromatic carbocycles. The number of rotatable bonds is 1. The van der Waals surface area contributed by atoms with E-state index in [4.69, 9.17) is 4.74 Å². The fourth-order valence-electron chi connectivity index (χ4n) is 1.18. The number of hydrogen-bond donors (Lipinski definition) is 0. The van der Waals surface area contributed by atoms with Crippen molar-refractivity contribution in [2.75, 3.05) is 7.11 Å². The molecule has 0 spiro atoms. The van der Waals surface area contributed by atoms with E-state index in [2.05, 4.69) is 15.0 Å². The molecular formula is C9H9N3O. The van der Waals surface area contributed by atoms with E-state index in [0.29, 0.717) is 6.01 Å². The summed E-state index contributed by atoms with van der Waals surface area (Å²) in [6.45, 7) is 1.89. The predicted octanol–water partition coefficient (Wildman–Crippen LogP) is 1.34. The van der Waals surface area contributed by atoms with Crippen LogP contribution in [0.2, 0.25) is 0 Å². The average Bonchev–Trinajstić information content (AvgIpc) is 2.18. The van der Waals surface area contributed by atoms with Gasteiger partial charge < -0.3 is 4.74 Å². The van der Waals surface area contributed by atoms with E-state index in [1.54, 1.807) is 13.3 Å². The van der Waals surface area contributed by atoms with Crippen molar-refractivity contribution >= 4 is 11.0 Å². The maximum absolute atomic E-state index is 4.95. The van der Waals surface area contributed by atoms with Gasteiger partial charge in [0.15, 0.2) is 0 Å². The quantitative estimate of drug-likeness (QED) is 0.656. The Morgan fingerprint density at radius 2 is 2.15 bits per heavy atom. The van der Waals surface area contributed by atoms with E-state index in [9.17, 15) is 0 Å². The second kappa shape index (κ2) is 2.97. The SMILES string of the molecule is COc1nc(C)c2ncccc2n1. The Balaban J connectivity index is 2.77. The predicted molar refractivity (Wildman–Crippen MR) is 48.6 cm³/mol. The van der Waals surface area contributed by atoms with Crippen LogP contribution >= 0.6 is 0 Å². The number of fused-ring (bicyclic) bond motifs is 1. The summed E-state index contributed by atoms with van der Waals surface area (Å²) in [6, 6.07) is 4.12. The van der Waals surface area contributed by atoms with E-state index >= 15 is 0 Å². The summed E-state index contributed by atoms with van der Waals surface area (Å²) in [4.78, 5) is 12.5. The molecule has 0 atom stereocenters. The summed E-state index contributed by atoms with van der Waals surface area (Å²) in [5.74, 6) is 0. The molecule has 0 unspecified atom stereocenters. The van der Waals surface area contributed by atoms with Gasteiger partial charge in [-0.2, -0.15) is 9.97 Å². The summed E-state index contributed by atoms with van der Waals surface area (Å²) >= 11 is 0. The molecule has 0 saturated carbocycles. The number of hydrogen-bond acceptors (Lipinski definition) is 4. The third-order valence-corrected chi connectivity index (χ3v) is 1.79. The zero-order valence-corrected chi connectivity index (χ0v) is 7.48. The van der Waals surface area contributed by atoms with Crippen LogP contribution in [-0.2, 0) is 0 Å². The van der Waals surface area contributed by atoms with Crippen molar-refractivity contribution in [3.63, 3.8) is 0 Å². The molecule has 2 heterocycles. The maximum Gasteiger partial charge on any atom is 0.317 e. The van der Waals surface area contributed by atoms with Crippen LogP contribution in [0.5, 0.6) is 6.01 Å². The van der Waals surface area contributed by atoms with E-state index in [0.717, 1.165) is 16.7 Å². The van der Waals surface area contributed by atoms with Crippen molar-refractivity contribution in [2.24, 2.45) is 0 Å². The van der Waals surface area contributed by atoms with Crippen LogP contribution in [0.1, 0.15) is 5.69 Å². The highest BCUT2D eigenvalue weighted by molar-refractivity contribution is 5.76. The van der Waals surface area contributed by atoms with Crippen LogP contribution < -0.4 is 4.74 Å². The minimum atomic E-state index is 0.387. The molecule has 0 bridgehead atoms. The van der Waals surface area contributed by atoms with E-state index < -0.39 is 0 Å². The number of pyridine rings is 1. The maximum atomic E-state index is 4.95. The summed E-state index contributed by atoms with van der Waals surface area (Å²) in [7, 11) is 1.55. The Bertz CT molecular complexity index is 442. The van der Waals surface area contributed by atoms with Crippen LogP contribution in [0.25, 0.3) is 11.0 Å². The summed E-state index contributed by atoms with van der Waals surface area (Å²) in [6.07, 6.45) is 1.73. The monoisotopic (exact) mass is 175 g/mol.